The number of hydrazone groups is 1. The van der Waals surface area contributed by atoms with Gasteiger partial charge in [0.1, 0.15) is 17.0 Å². The average molecular weight is 573 g/mol. The van der Waals surface area contributed by atoms with E-state index >= 15 is 0 Å². The summed E-state index contributed by atoms with van der Waals surface area (Å²) in [5.74, 6) is 0.0737. The van der Waals surface area contributed by atoms with Crippen molar-refractivity contribution in [3.63, 3.8) is 0 Å². The molecule has 2 aliphatic heterocycles. The molecular weight excluding hydrogens is 540 g/mol. The number of thiazole rings is 1. The van der Waals surface area contributed by atoms with Gasteiger partial charge in [-0.05, 0) is 51.6 Å². The van der Waals surface area contributed by atoms with E-state index < -0.39 is 21.0 Å². The maximum atomic E-state index is 13.5. The van der Waals surface area contributed by atoms with Crippen molar-refractivity contribution in [1.29, 1.82) is 0 Å². The van der Waals surface area contributed by atoms with E-state index in [2.05, 4.69) is 20.4 Å². The van der Waals surface area contributed by atoms with Crippen LogP contribution >= 0.6 is 11.3 Å². The molecule has 1 N–H and O–H groups in total. The first-order chi connectivity index (χ1) is 18.8. The number of ether oxygens (including phenoxy) is 2. The van der Waals surface area contributed by atoms with Gasteiger partial charge in [0.15, 0.2) is 20.7 Å². The van der Waals surface area contributed by atoms with Gasteiger partial charge in [0, 0.05) is 37.9 Å². The molecule has 0 radical (unpaired) electrons. The minimum Gasteiger partial charge on any atom is -0.476 e. The normalized spacial score (nSPS) is 18.3. The van der Waals surface area contributed by atoms with Crippen LogP contribution in [-0.4, -0.2) is 98.7 Å². The second-order valence-electron chi connectivity index (χ2n) is 9.76. The Morgan fingerprint density at radius 2 is 1.95 bits per heavy atom. The number of amides is 1. The quantitative estimate of drug-likeness (QED) is 0.365. The van der Waals surface area contributed by atoms with Gasteiger partial charge in [-0.25, -0.2) is 18.4 Å². The summed E-state index contributed by atoms with van der Waals surface area (Å²) in [6, 6.07) is 9.91. The fourth-order valence-corrected chi connectivity index (χ4v) is 6.76. The van der Waals surface area contributed by atoms with Crippen LogP contribution in [0.2, 0.25) is 0 Å². The number of sulfone groups is 1. The molecule has 4 heterocycles. The van der Waals surface area contributed by atoms with Gasteiger partial charge in [0.05, 0.1) is 16.8 Å². The number of aromatic nitrogens is 2. The Labute approximate surface area is 231 Å². The zero-order chi connectivity index (χ0) is 27.4. The number of anilines is 1. The van der Waals surface area contributed by atoms with Crippen LogP contribution in [0, 0.1) is 0 Å². The Hall–Kier alpha value is -3.13. The molecule has 11 nitrogen and oxygen atoms in total. The third-order valence-electron chi connectivity index (χ3n) is 6.56. The highest BCUT2D eigenvalue weighted by atomic mass is 32.2. The van der Waals surface area contributed by atoms with E-state index in [1.165, 1.54) is 23.5 Å². The third-order valence-corrected chi connectivity index (χ3v) is 9.62. The first kappa shape index (κ1) is 27.4. The average Bonchev–Trinajstić information content (AvgIpc) is 3.69. The number of benzene rings is 1. The lowest BCUT2D eigenvalue weighted by Gasteiger charge is -2.15. The Bertz CT molecular complexity index is 1440. The summed E-state index contributed by atoms with van der Waals surface area (Å²) in [6.07, 6.45) is 2.48. The van der Waals surface area contributed by atoms with Gasteiger partial charge in [0.2, 0.25) is 5.88 Å². The number of hydrogen-bond acceptors (Lipinski definition) is 11. The van der Waals surface area contributed by atoms with Gasteiger partial charge < -0.3 is 14.4 Å². The first-order valence-electron chi connectivity index (χ1n) is 12.9. The number of likely N-dealkylation sites (N-methyl/N-ethyl adjacent to an activating group) is 1. The van der Waals surface area contributed by atoms with Gasteiger partial charge in [0.25, 0.3) is 5.91 Å². The van der Waals surface area contributed by atoms with Crippen molar-refractivity contribution in [3.8, 4) is 5.88 Å². The molecule has 2 saturated heterocycles. The molecule has 0 spiro atoms. The number of carbonyl (C=O) groups is 1. The van der Waals surface area contributed by atoms with Gasteiger partial charge in [-0.15, -0.1) is 0 Å². The highest BCUT2D eigenvalue weighted by Gasteiger charge is 2.31. The summed E-state index contributed by atoms with van der Waals surface area (Å²) >= 11 is 1.25. The molecule has 5 rings (SSSR count). The number of fused-ring (bicyclic) bond motifs is 1. The maximum absolute atomic E-state index is 13.5. The highest BCUT2D eigenvalue weighted by Crippen LogP contribution is 2.27. The second kappa shape index (κ2) is 11.9. The SMILES string of the molecule is CN(C)CCOc1ccc2nc(NC(=O)C(=NN3CCCC3)c3ccc(S(=O)(=O)[C@H]4CCOC4)cc3)sc2n1. The molecule has 0 saturated carbocycles. The van der Waals surface area contributed by atoms with E-state index in [4.69, 9.17) is 9.47 Å². The van der Waals surface area contributed by atoms with Crippen LogP contribution in [0.25, 0.3) is 10.3 Å². The van der Waals surface area contributed by atoms with Crippen molar-refractivity contribution in [1.82, 2.24) is 19.9 Å². The predicted octanol–water partition coefficient (Wildman–Crippen LogP) is 2.63. The van der Waals surface area contributed by atoms with E-state index in [1.54, 1.807) is 18.2 Å². The van der Waals surface area contributed by atoms with E-state index in [-0.39, 0.29) is 17.2 Å². The summed E-state index contributed by atoms with van der Waals surface area (Å²) in [7, 11) is 0.443. The number of carbonyl (C=O) groups excluding carboxylic acids is 1. The molecule has 2 aromatic heterocycles. The fourth-order valence-electron chi connectivity index (χ4n) is 4.35. The minimum atomic E-state index is -3.50. The molecule has 39 heavy (non-hydrogen) atoms. The molecule has 2 fully saturated rings. The number of pyridine rings is 1. The van der Waals surface area contributed by atoms with Crippen molar-refractivity contribution < 1.29 is 22.7 Å². The predicted molar refractivity (Wildman–Crippen MR) is 150 cm³/mol. The van der Waals surface area contributed by atoms with Gasteiger partial charge in [-0.1, -0.05) is 23.5 Å². The van der Waals surface area contributed by atoms with Crippen molar-refractivity contribution in [2.45, 2.75) is 29.4 Å². The van der Waals surface area contributed by atoms with Crippen LogP contribution in [0.15, 0.2) is 46.4 Å². The zero-order valence-corrected chi connectivity index (χ0v) is 23.6. The molecule has 1 aromatic carbocycles. The summed E-state index contributed by atoms with van der Waals surface area (Å²) in [4.78, 5) is 25.4. The number of nitrogens with one attached hydrogen (secondary N) is 1. The lowest BCUT2D eigenvalue weighted by molar-refractivity contribution is -0.110. The summed E-state index contributed by atoms with van der Waals surface area (Å²) in [5.41, 5.74) is 1.38. The fraction of sp³-hybridized carbons (Fsp3) is 0.462. The van der Waals surface area contributed by atoms with E-state index in [0.717, 1.165) is 32.5 Å². The monoisotopic (exact) mass is 572 g/mol. The van der Waals surface area contributed by atoms with E-state index in [1.807, 2.05) is 30.1 Å². The molecule has 1 atom stereocenters. The standard InChI is InChI=1S/C26H32N6O5S2/c1-31(2)14-16-37-22-10-9-21-25(28-22)38-26(27-21)29-24(33)23(30-32-12-3-4-13-32)18-5-7-19(8-6-18)39(34,35)20-11-15-36-17-20/h5-10,20H,3-4,11-17H2,1-2H3,(H,27,29,33)/t20-/m0/s1. The van der Waals surface area contributed by atoms with Crippen molar-refractivity contribution in [3.05, 3.63) is 42.0 Å². The third kappa shape index (κ3) is 6.55. The zero-order valence-electron chi connectivity index (χ0n) is 22.0. The van der Waals surface area contributed by atoms with Crippen LogP contribution < -0.4 is 10.1 Å². The molecule has 208 valence electrons. The van der Waals surface area contributed by atoms with Crippen molar-refractivity contribution >= 4 is 48.3 Å². The molecular formula is C26H32N6O5S2. The highest BCUT2D eigenvalue weighted by molar-refractivity contribution is 7.92. The molecule has 3 aromatic rings. The van der Waals surface area contributed by atoms with Crippen LogP contribution in [0.5, 0.6) is 5.88 Å². The summed E-state index contributed by atoms with van der Waals surface area (Å²) < 4.78 is 36.9. The number of rotatable bonds is 10. The smallest absolute Gasteiger partial charge is 0.278 e. The Kier molecular flexibility index (Phi) is 8.40. The molecule has 0 unspecified atom stereocenters. The molecule has 13 heteroatoms. The lowest BCUT2D eigenvalue weighted by Crippen LogP contribution is -2.27. The first-order valence-corrected chi connectivity index (χ1v) is 15.3. The lowest BCUT2D eigenvalue weighted by atomic mass is 10.1. The van der Waals surface area contributed by atoms with Gasteiger partial charge >= 0.3 is 0 Å². The molecule has 0 bridgehead atoms. The molecule has 1 amide bonds. The van der Waals surface area contributed by atoms with Crippen molar-refractivity contribution in [2.75, 3.05) is 58.9 Å². The van der Waals surface area contributed by atoms with Crippen LogP contribution in [0.1, 0.15) is 24.8 Å². The van der Waals surface area contributed by atoms with Crippen LogP contribution in [0.3, 0.4) is 0 Å². The molecule has 2 aliphatic rings. The minimum absolute atomic E-state index is 0.199. The van der Waals surface area contributed by atoms with E-state index in [0.29, 0.717) is 46.6 Å². The van der Waals surface area contributed by atoms with Crippen LogP contribution in [0.4, 0.5) is 5.13 Å². The largest absolute Gasteiger partial charge is 0.476 e. The number of hydrogen-bond donors (Lipinski definition) is 1. The Balaban J connectivity index is 1.35. The maximum Gasteiger partial charge on any atom is 0.278 e. The van der Waals surface area contributed by atoms with Crippen molar-refractivity contribution in [2.24, 2.45) is 5.10 Å². The van der Waals surface area contributed by atoms with E-state index in [9.17, 15) is 13.2 Å². The second-order valence-corrected chi connectivity index (χ2v) is 13.0. The topological polar surface area (TPSA) is 126 Å². The number of nitrogens with zero attached hydrogens (tertiary/aromatic N) is 5. The summed E-state index contributed by atoms with van der Waals surface area (Å²) in [5, 5.41) is 9.21. The Morgan fingerprint density at radius 3 is 2.64 bits per heavy atom. The van der Waals surface area contributed by atoms with Gasteiger partial charge in [-0.2, -0.15) is 5.10 Å². The van der Waals surface area contributed by atoms with Gasteiger partial charge in [-0.3, -0.25) is 15.1 Å². The summed E-state index contributed by atoms with van der Waals surface area (Å²) in [6.45, 7) is 3.44. The Morgan fingerprint density at radius 1 is 1.18 bits per heavy atom. The van der Waals surface area contributed by atoms with Crippen LogP contribution in [-0.2, 0) is 19.4 Å². The molecule has 0 aliphatic carbocycles.